The van der Waals surface area contributed by atoms with E-state index in [4.69, 9.17) is 0 Å². The first-order chi connectivity index (χ1) is 9.08. The summed E-state index contributed by atoms with van der Waals surface area (Å²) in [5.74, 6) is 0. The number of carbonyl (C=O) groups excluding carboxylic acids is 1. The predicted octanol–water partition coefficient (Wildman–Crippen LogP) is 1.80. The molecule has 0 saturated carbocycles. The van der Waals surface area contributed by atoms with E-state index in [1.165, 1.54) is 0 Å². The smallest absolute Gasteiger partial charge is 0.321 e. The van der Waals surface area contributed by atoms with Crippen molar-refractivity contribution in [3.63, 3.8) is 0 Å². The van der Waals surface area contributed by atoms with Crippen molar-refractivity contribution in [1.29, 1.82) is 0 Å². The number of alkyl halides is 6. The molecular weight excluding hydrogens is 298 g/mol. The van der Waals surface area contributed by atoms with Crippen LogP contribution < -0.4 is 0 Å². The van der Waals surface area contributed by atoms with Gasteiger partial charge in [0.2, 0.25) is 0 Å². The number of nitrogens with zero attached hydrogens (tertiary/aromatic N) is 2. The first-order valence-electron chi connectivity index (χ1n) is 5.54. The molecular formula is C9H12F6N2O3. The van der Waals surface area contributed by atoms with Gasteiger partial charge in [-0.1, -0.05) is 0 Å². The van der Waals surface area contributed by atoms with Crippen LogP contribution in [0.5, 0.6) is 0 Å². The van der Waals surface area contributed by atoms with Gasteiger partial charge < -0.3 is 9.80 Å². The van der Waals surface area contributed by atoms with Crippen LogP contribution in [0.3, 0.4) is 0 Å². The van der Waals surface area contributed by atoms with Crippen molar-refractivity contribution in [1.82, 2.24) is 9.80 Å². The molecule has 1 aliphatic heterocycles. The van der Waals surface area contributed by atoms with Crippen LogP contribution in [0.15, 0.2) is 0 Å². The highest BCUT2D eigenvalue weighted by atomic mass is 19.4. The van der Waals surface area contributed by atoms with Crippen LogP contribution in [-0.4, -0.2) is 67.9 Å². The molecule has 0 spiro atoms. The summed E-state index contributed by atoms with van der Waals surface area (Å²) in [4.78, 5) is 13.7. The highest BCUT2D eigenvalue weighted by Crippen LogP contribution is 2.18. The van der Waals surface area contributed by atoms with E-state index >= 15 is 0 Å². The van der Waals surface area contributed by atoms with Gasteiger partial charge in [-0.25, -0.2) is 4.79 Å². The molecule has 0 aromatic heterocycles. The van der Waals surface area contributed by atoms with Crippen LogP contribution in [0.4, 0.5) is 31.1 Å². The van der Waals surface area contributed by atoms with Gasteiger partial charge in [0.25, 0.3) is 0 Å². The standard InChI is InChI=1S/C9H12F6N2O3/c10-8(11,12)19-5-3-16-1-2-17(7(16)18)4-6-20-9(13,14)15/h1-6H2. The Morgan fingerprint density at radius 2 is 1.20 bits per heavy atom. The third kappa shape index (κ3) is 6.28. The molecule has 11 heteroatoms. The fourth-order valence-electron chi connectivity index (χ4n) is 1.59. The lowest BCUT2D eigenvalue weighted by molar-refractivity contribution is -0.325. The number of hydrogen-bond donors (Lipinski definition) is 0. The van der Waals surface area contributed by atoms with Crippen molar-refractivity contribution >= 4 is 6.03 Å². The van der Waals surface area contributed by atoms with E-state index in [0.717, 1.165) is 9.80 Å². The molecule has 0 aromatic carbocycles. The van der Waals surface area contributed by atoms with Crippen LogP contribution >= 0.6 is 0 Å². The average molecular weight is 310 g/mol. The molecule has 1 saturated heterocycles. The van der Waals surface area contributed by atoms with E-state index < -0.39 is 32.0 Å². The van der Waals surface area contributed by atoms with Crippen molar-refractivity contribution in [2.45, 2.75) is 12.7 Å². The third-order valence-electron chi connectivity index (χ3n) is 2.43. The normalized spacial score (nSPS) is 17.2. The quantitative estimate of drug-likeness (QED) is 0.703. The van der Waals surface area contributed by atoms with Gasteiger partial charge in [-0.3, -0.25) is 9.47 Å². The fourth-order valence-corrected chi connectivity index (χ4v) is 1.59. The molecule has 1 aliphatic rings. The Balaban J connectivity index is 2.26. The summed E-state index contributed by atoms with van der Waals surface area (Å²) < 4.78 is 77.4. The van der Waals surface area contributed by atoms with Crippen molar-refractivity contribution < 1.29 is 40.6 Å². The summed E-state index contributed by atoms with van der Waals surface area (Å²) in [7, 11) is 0. The molecule has 1 fully saturated rings. The molecule has 1 heterocycles. The summed E-state index contributed by atoms with van der Waals surface area (Å²) in [5, 5.41) is 0. The summed E-state index contributed by atoms with van der Waals surface area (Å²) in [6.45, 7) is -1.74. The maximum absolute atomic E-state index is 11.7. The molecule has 20 heavy (non-hydrogen) atoms. The van der Waals surface area contributed by atoms with E-state index in [0.29, 0.717) is 0 Å². The highest BCUT2D eigenvalue weighted by Gasteiger charge is 2.33. The third-order valence-corrected chi connectivity index (χ3v) is 2.43. The van der Waals surface area contributed by atoms with Crippen LogP contribution in [0, 0.1) is 0 Å². The van der Waals surface area contributed by atoms with Gasteiger partial charge in [-0.05, 0) is 0 Å². The van der Waals surface area contributed by atoms with Gasteiger partial charge in [-0.15, -0.1) is 26.3 Å². The summed E-state index contributed by atoms with van der Waals surface area (Å²) in [5.41, 5.74) is 0. The summed E-state index contributed by atoms with van der Waals surface area (Å²) >= 11 is 0. The minimum atomic E-state index is -4.77. The molecule has 0 unspecified atom stereocenters. The van der Waals surface area contributed by atoms with Crippen LogP contribution in [0.25, 0.3) is 0 Å². The predicted molar refractivity (Wildman–Crippen MR) is 52.6 cm³/mol. The van der Waals surface area contributed by atoms with Gasteiger partial charge in [0, 0.05) is 26.2 Å². The number of hydrogen-bond acceptors (Lipinski definition) is 3. The number of carbonyl (C=O) groups is 1. The van der Waals surface area contributed by atoms with E-state index in [2.05, 4.69) is 9.47 Å². The topological polar surface area (TPSA) is 42.0 Å². The molecule has 0 radical (unpaired) electrons. The molecule has 2 amide bonds. The Morgan fingerprint density at radius 1 is 0.850 bits per heavy atom. The molecule has 1 rings (SSSR count). The summed E-state index contributed by atoms with van der Waals surface area (Å²) in [6.07, 6.45) is -9.55. The van der Waals surface area contributed by atoms with Gasteiger partial charge in [-0.2, -0.15) is 0 Å². The monoisotopic (exact) mass is 310 g/mol. The molecule has 118 valence electrons. The Morgan fingerprint density at radius 3 is 1.50 bits per heavy atom. The zero-order valence-corrected chi connectivity index (χ0v) is 10.1. The van der Waals surface area contributed by atoms with Gasteiger partial charge in [0.15, 0.2) is 0 Å². The maximum Gasteiger partial charge on any atom is 0.522 e. The average Bonchev–Trinajstić information content (AvgIpc) is 2.58. The molecule has 0 aliphatic carbocycles. The van der Waals surface area contributed by atoms with Crippen LogP contribution in [0.1, 0.15) is 0 Å². The second-order valence-corrected chi connectivity index (χ2v) is 3.85. The second-order valence-electron chi connectivity index (χ2n) is 3.85. The van der Waals surface area contributed by atoms with E-state index in [1.54, 1.807) is 0 Å². The lowest BCUT2D eigenvalue weighted by Crippen LogP contribution is -2.36. The first kappa shape index (κ1) is 16.8. The van der Waals surface area contributed by atoms with Gasteiger partial charge >= 0.3 is 18.8 Å². The van der Waals surface area contributed by atoms with E-state index in [1.807, 2.05) is 0 Å². The van der Waals surface area contributed by atoms with Crippen molar-refractivity contribution in [2.24, 2.45) is 0 Å². The lowest BCUT2D eigenvalue weighted by Gasteiger charge is -2.19. The van der Waals surface area contributed by atoms with E-state index in [-0.39, 0.29) is 26.2 Å². The Kier molecular flexibility index (Phi) is 5.45. The van der Waals surface area contributed by atoms with Gasteiger partial charge in [0.05, 0.1) is 13.2 Å². The van der Waals surface area contributed by atoms with Gasteiger partial charge in [0.1, 0.15) is 0 Å². The minimum Gasteiger partial charge on any atom is -0.321 e. The molecule has 0 N–H and O–H groups in total. The molecule has 5 nitrogen and oxygen atoms in total. The van der Waals surface area contributed by atoms with Crippen molar-refractivity contribution in [2.75, 3.05) is 39.4 Å². The zero-order chi connectivity index (χ0) is 15.4. The summed E-state index contributed by atoms with van der Waals surface area (Å²) in [6, 6.07) is -0.637. The van der Waals surface area contributed by atoms with Crippen LogP contribution in [0.2, 0.25) is 0 Å². The number of ether oxygens (including phenoxy) is 2. The zero-order valence-electron chi connectivity index (χ0n) is 10.1. The largest absolute Gasteiger partial charge is 0.522 e. The number of halogens is 6. The molecule has 0 aromatic rings. The maximum atomic E-state index is 11.7. The molecule has 0 bridgehead atoms. The fraction of sp³-hybridized carbons (Fsp3) is 0.889. The van der Waals surface area contributed by atoms with Crippen molar-refractivity contribution in [3.05, 3.63) is 0 Å². The number of amides is 2. The SMILES string of the molecule is O=C1N(CCOC(F)(F)F)CCN1CCOC(F)(F)F. The van der Waals surface area contributed by atoms with Crippen molar-refractivity contribution in [3.8, 4) is 0 Å². The lowest BCUT2D eigenvalue weighted by atomic mass is 10.5. The Labute approximate surface area is 110 Å². The first-order valence-corrected chi connectivity index (χ1v) is 5.54. The second kappa shape index (κ2) is 6.48. The number of rotatable bonds is 6. The molecule has 0 atom stereocenters. The Hall–Kier alpha value is -1.23. The minimum absolute atomic E-state index is 0.131. The van der Waals surface area contributed by atoms with Crippen LogP contribution in [-0.2, 0) is 9.47 Å². The van der Waals surface area contributed by atoms with E-state index in [9.17, 15) is 31.1 Å². The highest BCUT2D eigenvalue weighted by molar-refractivity contribution is 5.76. The Bertz CT molecular complexity index is 303. The number of urea groups is 1.